The van der Waals surface area contributed by atoms with Crippen molar-refractivity contribution in [2.75, 3.05) is 32.8 Å². The Morgan fingerprint density at radius 2 is 1.83 bits per heavy atom. The van der Waals surface area contributed by atoms with E-state index in [1.165, 1.54) is 14.1 Å². The third-order valence-corrected chi connectivity index (χ3v) is 6.67. The second-order valence-electron chi connectivity index (χ2n) is 6.79. The normalized spacial score (nSPS) is 16.7. The quantitative estimate of drug-likeness (QED) is 0.680. The van der Waals surface area contributed by atoms with Gasteiger partial charge < -0.3 is 9.30 Å². The standard InChI is InChI=1S/C18H23ClN4O5S/c1-21-12-16(17(24)22(2)18(21)25)29(26,27)20-11-15(23-7-9-28-10-8-23)13-5-3-4-6-14(13)19/h3-6,12,15,20H,7-11H2,1-2H3. The van der Waals surface area contributed by atoms with Crippen LogP contribution in [0.25, 0.3) is 0 Å². The van der Waals surface area contributed by atoms with Gasteiger partial charge in [-0.1, -0.05) is 29.8 Å². The number of halogens is 1. The first-order valence-corrected chi connectivity index (χ1v) is 10.9. The Kier molecular flexibility index (Phi) is 6.59. The van der Waals surface area contributed by atoms with Gasteiger partial charge in [-0.2, -0.15) is 0 Å². The first-order chi connectivity index (χ1) is 13.7. The molecule has 1 aliphatic heterocycles. The van der Waals surface area contributed by atoms with Crippen molar-refractivity contribution in [2.45, 2.75) is 10.9 Å². The molecule has 1 aromatic carbocycles. The van der Waals surface area contributed by atoms with E-state index in [2.05, 4.69) is 9.62 Å². The minimum atomic E-state index is -4.15. The van der Waals surface area contributed by atoms with Gasteiger partial charge in [-0.05, 0) is 11.6 Å². The van der Waals surface area contributed by atoms with E-state index in [4.69, 9.17) is 16.3 Å². The molecule has 2 aromatic rings. The summed E-state index contributed by atoms with van der Waals surface area (Å²) in [4.78, 5) is 25.8. The molecule has 0 aliphatic carbocycles. The Labute approximate surface area is 173 Å². The van der Waals surface area contributed by atoms with Gasteiger partial charge >= 0.3 is 5.69 Å². The molecule has 158 valence electrons. The van der Waals surface area contributed by atoms with Crippen LogP contribution in [0.4, 0.5) is 0 Å². The fourth-order valence-electron chi connectivity index (χ4n) is 3.30. The van der Waals surface area contributed by atoms with Crippen LogP contribution in [0.2, 0.25) is 5.02 Å². The Balaban J connectivity index is 1.92. The van der Waals surface area contributed by atoms with Crippen molar-refractivity contribution < 1.29 is 13.2 Å². The van der Waals surface area contributed by atoms with Crippen LogP contribution >= 0.6 is 11.6 Å². The molecular weight excluding hydrogens is 420 g/mol. The highest BCUT2D eigenvalue weighted by Crippen LogP contribution is 2.28. The summed E-state index contributed by atoms with van der Waals surface area (Å²) in [5.41, 5.74) is -0.690. The topological polar surface area (TPSA) is 103 Å². The summed E-state index contributed by atoms with van der Waals surface area (Å²) in [6.07, 6.45) is 1.03. The number of hydrogen-bond acceptors (Lipinski definition) is 6. The molecule has 0 amide bonds. The van der Waals surface area contributed by atoms with Crippen molar-refractivity contribution >= 4 is 21.6 Å². The average molecular weight is 443 g/mol. The van der Waals surface area contributed by atoms with Crippen LogP contribution in [-0.4, -0.2) is 55.3 Å². The van der Waals surface area contributed by atoms with Crippen LogP contribution in [0, 0.1) is 0 Å². The lowest BCUT2D eigenvalue weighted by atomic mass is 10.0. The molecule has 0 saturated carbocycles. The Bertz CT molecular complexity index is 1110. The number of aryl methyl sites for hydroxylation is 1. The number of nitrogens with one attached hydrogen (secondary N) is 1. The van der Waals surface area contributed by atoms with Crippen molar-refractivity contribution in [2.24, 2.45) is 14.1 Å². The van der Waals surface area contributed by atoms with Gasteiger partial charge in [-0.15, -0.1) is 0 Å². The molecule has 0 radical (unpaired) electrons. The first-order valence-electron chi connectivity index (χ1n) is 9.05. The molecule has 1 fully saturated rings. The van der Waals surface area contributed by atoms with E-state index in [1.807, 2.05) is 12.1 Å². The maximum Gasteiger partial charge on any atom is 0.330 e. The van der Waals surface area contributed by atoms with Crippen LogP contribution in [0.3, 0.4) is 0 Å². The zero-order valence-corrected chi connectivity index (χ0v) is 17.7. The zero-order chi connectivity index (χ0) is 21.2. The fraction of sp³-hybridized carbons (Fsp3) is 0.444. The van der Waals surface area contributed by atoms with Gasteiger partial charge in [0.1, 0.15) is 0 Å². The number of nitrogens with zero attached hydrogens (tertiary/aromatic N) is 3. The molecule has 3 rings (SSSR count). The SMILES string of the molecule is Cn1cc(S(=O)(=O)NCC(c2ccccc2Cl)N2CCOCC2)c(=O)n(C)c1=O. The molecule has 1 N–H and O–H groups in total. The molecule has 1 unspecified atom stereocenters. The summed E-state index contributed by atoms with van der Waals surface area (Å²) in [5.74, 6) is 0. The molecule has 9 nitrogen and oxygen atoms in total. The van der Waals surface area contributed by atoms with Crippen molar-refractivity contribution in [1.29, 1.82) is 0 Å². The monoisotopic (exact) mass is 442 g/mol. The predicted molar refractivity (Wildman–Crippen MR) is 109 cm³/mol. The van der Waals surface area contributed by atoms with Gasteiger partial charge in [-0.25, -0.2) is 17.9 Å². The van der Waals surface area contributed by atoms with Crippen molar-refractivity contribution in [1.82, 2.24) is 18.8 Å². The third kappa shape index (κ3) is 4.62. The largest absolute Gasteiger partial charge is 0.379 e. The summed E-state index contributed by atoms with van der Waals surface area (Å²) in [6, 6.07) is 6.91. The smallest absolute Gasteiger partial charge is 0.330 e. The van der Waals surface area contributed by atoms with Crippen LogP contribution < -0.4 is 16.0 Å². The lowest BCUT2D eigenvalue weighted by Gasteiger charge is -2.35. The number of morpholine rings is 1. The molecular formula is C18H23ClN4O5S. The van der Waals surface area contributed by atoms with E-state index in [9.17, 15) is 18.0 Å². The molecule has 1 saturated heterocycles. The Hall–Kier alpha value is -1.98. The number of sulfonamides is 1. The maximum atomic E-state index is 12.9. The lowest BCUT2D eigenvalue weighted by Crippen LogP contribution is -2.45. The van der Waals surface area contributed by atoms with Gasteiger partial charge in [0.05, 0.1) is 13.2 Å². The summed E-state index contributed by atoms with van der Waals surface area (Å²) in [7, 11) is -1.52. The Morgan fingerprint density at radius 1 is 1.17 bits per heavy atom. The van der Waals surface area contributed by atoms with E-state index in [1.54, 1.807) is 12.1 Å². The van der Waals surface area contributed by atoms with Crippen LogP contribution in [-0.2, 0) is 28.9 Å². The van der Waals surface area contributed by atoms with Gasteiger partial charge in [-0.3, -0.25) is 14.3 Å². The zero-order valence-electron chi connectivity index (χ0n) is 16.2. The summed E-state index contributed by atoms with van der Waals surface area (Å²) in [6.45, 7) is 2.33. The second kappa shape index (κ2) is 8.80. The van der Waals surface area contributed by atoms with Crippen molar-refractivity contribution in [3.8, 4) is 0 Å². The molecule has 11 heteroatoms. The van der Waals surface area contributed by atoms with E-state index in [-0.39, 0.29) is 12.6 Å². The van der Waals surface area contributed by atoms with E-state index in [0.29, 0.717) is 31.3 Å². The minimum absolute atomic E-state index is 0.0120. The molecule has 1 aromatic heterocycles. The van der Waals surface area contributed by atoms with Crippen LogP contribution in [0.15, 0.2) is 44.9 Å². The summed E-state index contributed by atoms with van der Waals surface area (Å²) >= 11 is 6.36. The molecule has 1 atom stereocenters. The maximum absolute atomic E-state index is 12.9. The number of benzene rings is 1. The minimum Gasteiger partial charge on any atom is -0.379 e. The predicted octanol–water partition coefficient (Wildman–Crippen LogP) is 0.0892. The number of rotatable bonds is 6. The summed E-state index contributed by atoms with van der Waals surface area (Å²) < 4.78 is 35.4. The number of hydrogen-bond donors (Lipinski definition) is 1. The van der Waals surface area contributed by atoms with Gasteiger partial charge in [0.25, 0.3) is 5.56 Å². The second-order valence-corrected chi connectivity index (χ2v) is 8.93. The molecule has 0 bridgehead atoms. The third-order valence-electron chi connectivity index (χ3n) is 4.92. The average Bonchev–Trinajstić information content (AvgIpc) is 2.71. The summed E-state index contributed by atoms with van der Waals surface area (Å²) in [5, 5.41) is 0.529. The van der Waals surface area contributed by atoms with Crippen molar-refractivity contribution in [3.05, 3.63) is 61.9 Å². The van der Waals surface area contributed by atoms with Gasteiger partial charge in [0, 0.05) is 51.0 Å². The van der Waals surface area contributed by atoms with Gasteiger partial charge in [0.2, 0.25) is 10.0 Å². The molecule has 2 heterocycles. The van der Waals surface area contributed by atoms with Crippen molar-refractivity contribution in [3.63, 3.8) is 0 Å². The molecule has 0 spiro atoms. The number of ether oxygens (including phenoxy) is 1. The molecule has 29 heavy (non-hydrogen) atoms. The lowest BCUT2D eigenvalue weighted by molar-refractivity contribution is 0.0172. The highest BCUT2D eigenvalue weighted by atomic mass is 35.5. The number of aromatic nitrogens is 2. The van der Waals surface area contributed by atoms with Gasteiger partial charge in [0.15, 0.2) is 4.90 Å². The van der Waals surface area contributed by atoms with E-state index in [0.717, 1.165) is 20.9 Å². The van der Waals surface area contributed by atoms with Crippen LogP contribution in [0.5, 0.6) is 0 Å². The van der Waals surface area contributed by atoms with E-state index >= 15 is 0 Å². The molecule has 1 aliphatic rings. The van der Waals surface area contributed by atoms with Crippen LogP contribution in [0.1, 0.15) is 11.6 Å². The van der Waals surface area contributed by atoms with E-state index < -0.39 is 26.2 Å². The highest BCUT2D eigenvalue weighted by Gasteiger charge is 2.28. The fourth-order valence-corrected chi connectivity index (χ4v) is 4.75. The Morgan fingerprint density at radius 3 is 2.48 bits per heavy atom. The first kappa shape index (κ1) is 21.7. The highest BCUT2D eigenvalue weighted by molar-refractivity contribution is 7.89.